The topological polar surface area (TPSA) is 46.2 Å². The van der Waals surface area contributed by atoms with Gasteiger partial charge in [-0.1, -0.05) is 12.8 Å². The van der Waals surface area contributed by atoms with Crippen LogP contribution < -0.4 is 5.32 Å². The SMILES string of the molecule is CS(=O)(=O)CCCC1CCCCCN1. The Morgan fingerprint density at radius 1 is 1.29 bits per heavy atom. The Balaban J connectivity index is 2.16. The summed E-state index contributed by atoms with van der Waals surface area (Å²) < 4.78 is 21.8. The summed E-state index contributed by atoms with van der Waals surface area (Å²) in [5.41, 5.74) is 0. The van der Waals surface area contributed by atoms with Crippen molar-refractivity contribution in [3.63, 3.8) is 0 Å². The molecule has 1 aliphatic rings. The van der Waals surface area contributed by atoms with Crippen LogP contribution in [-0.2, 0) is 9.84 Å². The van der Waals surface area contributed by atoms with Crippen molar-refractivity contribution in [3.05, 3.63) is 0 Å². The minimum Gasteiger partial charge on any atom is -0.314 e. The molecule has 84 valence electrons. The molecular formula is C10H21NO2S. The molecule has 0 saturated carbocycles. The van der Waals surface area contributed by atoms with Gasteiger partial charge in [-0.15, -0.1) is 0 Å². The lowest BCUT2D eigenvalue weighted by atomic mass is 10.1. The molecule has 1 rings (SSSR count). The van der Waals surface area contributed by atoms with Crippen molar-refractivity contribution in [1.82, 2.24) is 5.32 Å². The van der Waals surface area contributed by atoms with E-state index in [-0.39, 0.29) is 0 Å². The standard InChI is InChI=1S/C10H21NO2S/c1-14(12,13)9-5-7-10-6-3-2-4-8-11-10/h10-11H,2-9H2,1H3. The highest BCUT2D eigenvalue weighted by Crippen LogP contribution is 2.12. The number of hydrogen-bond donors (Lipinski definition) is 1. The molecule has 0 amide bonds. The van der Waals surface area contributed by atoms with Crippen molar-refractivity contribution in [1.29, 1.82) is 0 Å². The third-order valence-electron chi connectivity index (χ3n) is 2.73. The van der Waals surface area contributed by atoms with Gasteiger partial charge in [0.25, 0.3) is 0 Å². The monoisotopic (exact) mass is 219 g/mol. The summed E-state index contributed by atoms with van der Waals surface area (Å²) in [5, 5.41) is 3.47. The second-order valence-corrected chi connectivity index (χ2v) is 6.53. The molecule has 1 unspecified atom stereocenters. The Morgan fingerprint density at radius 2 is 2.07 bits per heavy atom. The van der Waals surface area contributed by atoms with Gasteiger partial charge in [0.1, 0.15) is 9.84 Å². The molecule has 0 radical (unpaired) electrons. The van der Waals surface area contributed by atoms with E-state index in [0.717, 1.165) is 19.4 Å². The smallest absolute Gasteiger partial charge is 0.147 e. The highest BCUT2D eigenvalue weighted by molar-refractivity contribution is 7.90. The zero-order valence-corrected chi connectivity index (χ0v) is 9.78. The van der Waals surface area contributed by atoms with Gasteiger partial charge in [-0.05, 0) is 32.2 Å². The van der Waals surface area contributed by atoms with E-state index in [9.17, 15) is 8.42 Å². The van der Waals surface area contributed by atoms with Crippen molar-refractivity contribution >= 4 is 9.84 Å². The molecule has 1 aliphatic heterocycles. The predicted molar refractivity (Wildman–Crippen MR) is 59.2 cm³/mol. The van der Waals surface area contributed by atoms with Crippen LogP contribution in [-0.4, -0.2) is 33.0 Å². The Labute approximate surface area is 87.2 Å². The van der Waals surface area contributed by atoms with E-state index in [1.807, 2.05) is 0 Å². The zero-order valence-electron chi connectivity index (χ0n) is 8.96. The Morgan fingerprint density at radius 3 is 2.79 bits per heavy atom. The molecule has 0 bridgehead atoms. The second kappa shape index (κ2) is 5.71. The minimum absolute atomic E-state index is 0.338. The maximum absolute atomic E-state index is 10.9. The van der Waals surface area contributed by atoms with Gasteiger partial charge in [0.15, 0.2) is 0 Å². The van der Waals surface area contributed by atoms with Crippen LogP contribution in [0.5, 0.6) is 0 Å². The fraction of sp³-hybridized carbons (Fsp3) is 1.00. The van der Waals surface area contributed by atoms with Crippen LogP contribution in [0.25, 0.3) is 0 Å². The van der Waals surface area contributed by atoms with Gasteiger partial charge in [-0.25, -0.2) is 8.42 Å². The van der Waals surface area contributed by atoms with E-state index >= 15 is 0 Å². The Bertz CT molecular complexity index is 241. The first kappa shape index (κ1) is 12.0. The molecular weight excluding hydrogens is 198 g/mol. The van der Waals surface area contributed by atoms with Crippen molar-refractivity contribution in [3.8, 4) is 0 Å². The summed E-state index contributed by atoms with van der Waals surface area (Å²) in [6.07, 6.45) is 8.20. The van der Waals surface area contributed by atoms with Crippen molar-refractivity contribution in [2.24, 2.45) is 0 Å². The Hall–Kier alpha value is -0.0900. The molecule has 1 heterocycles. The molecule has 1 N–H and O–H groups in total. The highest BCUT2D eigenvalue weighted by atomic mass is 32.2. The van der Waals surface area contributed by atoms with E-state index in [0.29, 0.717) is 11.8 Å². The van der Waals surface area contributed by atoms with Crippen LogP contribution in [0.2, 0.25) is 0 Å². The average Bonchev–Trinajstić information content (AvgIpc) is 2.30. The minimum atomic E-state index is -2.76. The lowest BCUT2D eigenvalue weighted by Crippen LogP contribution is -2.28. The lowest BCUT2D eigenvalue weighted by molar-refractivity contribution is 0.472. The molecule has 0 aromatic carbocycles. The molecule has 0 spiro atoms. The number of nitrogens with one attached hydrogen (secondary N) is 1. The van der Waals surface area contributed by atoms with Crippen molar-refractivity contribution in [2.45, 2.75) is 44.6 Å². The van der Waals surface area contributed by atoms with Gasteiger partial charge < -0.3 is 5.32 Å². The van der Waals surface area contributed by atoms with Gasteiger partial charge >= 0.3 is 0 Å². The van der Waals surface area contributed by atoms with Gasteiger partial charge in [0.2, 0.25) is 0 Å². The maximum Gasteiger partial charge on any atom is 0.147 e. The van der Waals surface area contributed by atoms with Crippen LogP contribution in [0.3, 0.4) is 0 Å². The second-order valence-electron chi connectivity index (χ2n) is 4.27. The first-order valence-corrected chi connectivity index (χ1v) is 7.55. The van der Waals surface area contributed by atoms with Gasteiger partial charge in [-0.2, -0.15) is 0 Å². The fourth-order valence-electron chi connectivity index (χ4n) is 1.94. The van der Waals surface area contributed by atoms with Crippen LogP contribution in [0.4, 0.5) is 0 Å². The number of sulfone groups is 1. The summed E-state index contributed by atoms with van der Waals surface area (Å²) in [6.45, 7) is 1.10. The van der Waals surface area contributed by atoms with Gasteiger partial charge in [0, 0.05) is 18.1 Å². The summed E-state index contributed by atoms with van der Waals surface area (Å²) >= 11 is 0. The first-order chi connectivity index (χ1) is 6.58. The largest absolute Gasteiger partial charge is 0.314 e. The average molecular weight is 219 g/mol. The van der Waals surface area contributed by atoms with E-state index in [4.69, 9.17) is 0 Å². The van der Waals surface area contributed by atoms with Crippen LogP contribution in [0, 0.1) is 0 Å². The van der Waals surface area contributed by atoms with E-state index < -0.39 is 9.84 Å². The molecule has 1 atom stereocenters. The summed E-state index contributed by atoms with van der Waals surface area (Å²) in [6, 6.07) is 0.555. The molecule has 4 heteroatoms. The normalized spacial score (nSPS) is 24.5. The molecule has 3 nitrogen and oxygen atoms in total. The van der Waals surface area contributed by atoms with Crippen molar-refractivity contribution < 1.29 is 8.42 Å². The third-order valence-corrected chi connectivity index (χ3v) is 3.76. The summed E-state index contributed by atoms with van der Waals surface area (Å²) in [5.74, 6) is 0.338. The zero-order chi connectivity index (χ0) is 10.4. The third kappa shape index (κ3) is 5.60. The van der Waals surface area contributed by atoms with E-state index in [1.54, 1.807) is 0 Å². The molecule has 1 saturated heterocycles. The summed E-state index contributed by atoms with van der Waals surface area (Å²) in [7, 11) is -2.76. The summed E-state index contributed by atoms with van der Waals surface area (Å²) in [4.78, 5) is 0. The molecule has 0 aromatic heterocycles. The first-order valence-electron chi connectivity index (χ1n) is 5.49. The number of rotatable bonds is 4. The van der Waals surface area contributed by atoms with Crippen molar-refractivity contribution in [2.75, 3.05) is 18.6 Å². The van der Waals surface area contributed by atoms with Crippen LogP contribution in [0.15, 0.2) is 0 Å². The van der Waals surface area contributed by atoms with E-state index in [2.05, 4.69) is 5.32 Å². The quantitative estimate of drug-likeness (QED) is 0.776. The van der Waals surface area contributed by atoms with Gasteiger partial charge in [0.05, 0.1) is 0 Å². The molecule has 0 aromatic rings. The van der Waals surface area contributed by atoms with Crippen LogP contribution in [0.1, 0.15) is 38.5 Å². The Kier molecular flexibility index (Phi) is 4.89. The molecule has 14 heavy (non-hydrogen) atoms. The van der Waals surface area contributed by atoms with Crippen LogP contribution >= 0.6 is 0 Å². The number of hydrogen-bond acceptors (Lipinski definition) is 3. The molecule has 1 fully saturated rings. The van der Waals surface area contributed by atoms with Gasteiger partial charge in [-0.3, -0.25) is 0 Å². The fourth-order valence-corrected chi connectivity index (χ4v) is 2.63. The van der Waals surface area contributed by atoms with E-state index in [1.165, 1.54) is 31.9 Å². The highest BCUT2D eigenvalue weighted by Gasteiger charge is 2.11. The lowest BCUT2D eigenvalue weighted by Gasteiger charge is -2.14. The maximum atomic E-state index is 10.9. The predicted octanol–water partition coefficient (Wildman–Crippen LogP) is 1.34. The molecule has 0 aliphatic carbocycles.